The highest BCUT2D eigenvalue weighted by Crippen LogP contribution is 2.36. The smallest absolute Gasteiger partial charge is 0.185 e. The number of allylic oxidation sites excluding steroid dienone is 1. The molecule has 0 amide bonds. The lowest BCUT2D eigenvalue weighted by molar-refractivity contribution is -0.107. The van der Waals surface area contributed by atoms with E-state index in [4.69, 9.17) is 0 Å². The summed E-state index contributed by atoms with van der Waals surface area (Å²) in [4.78, 5) is 12.5. The molecule has 0 radical (unpaired) electrons. The van der Waals surface area contributed by atoms with Gasteiger partial charge < -0.3 is 0 Å². The maximum Gasteiger partial charge on any atom is 0.185 e. The van der Waals surface area contributed by atoms with Crippen LogP contribution in [0.4, 0.5) is 0 Å². The first-order valence-corrected chi connectivity index (χ1v) is 8.81. The highest BCUT2D eigenvalue weighted by molar-refractivity contribution is 7.88. The van der Waals surface area contributed by atoms with Gasteiger partial charge in [-0.15, -0.1) is 0 Å². The Labute approximate surface area is 138 Å². The number of hydrogen-bond acceptors (Lipinski definition) is 1. The lowest BCUT2D eigenvalue weighted by atomic mass is 10.1. The summed E-state index contributed by atoms with van der Waals surface area (Å²) in [6, 6.07) is 28.4. The Balaban J connectivity index is 2.07. The van der Waals surface area contributed by atoms with Gasteiger partial charge in [0.05, 0.1) is 0 Å². The SMILES string of the molecule is C=CC(=O)P(c1ccccc1)c1cccc(-c2ccccc2)c1. The average molecular weight is 316 g/mol. The van der Waals surface area contributed by atoms with Crippen LogP contribution in [-0.2, 0) is 4.79 Å². The van der Waals surface area contributed by atoms with Gasteiger partial charge in [-0.05, 0) is 33.9 Å². The lowest BCUT2D eigenvalue weighted by Crippen LogP contribution is -2.16. The van der Waals surface area contributed by atoms with Gasteiger partial charge in [0.2, 0.25) is 0 Å². The summed E-state index contributed by atoms with van der Waals surface area (Å²) < 4.78 is 0. The van der Waals surface area contributed by atoms with Crippen molar-refractivity contribution >= 4 is 24.1 Å². The molecule has 3 aromatic carbocycles. The van der Waals surface area contributed by atoms with Gasteiger partial charge in [0.15, 0.2) is 5.52 Å². The van der Waals surface area contributed by atoms with Crippen molar-refractivity contribution in [1.82, 2.24) is 0 Å². The van der Waals surface area contributed by atoms with E-state index < -0.39 is 7.92 Å². The van der Waals surface area contributed by atoms with Gasteiger partial charge in [0, 0.05) is 7.92 Å². The van der Waals surface area contributed by atoms with Crippen LogP contribution in [0, 0.1) is 0 Å². The zero-order valence-corrected chi connectivity index (χ0v) is 13.6. The summed E-state index contributed by atoms with van der Waals surface area (Å²) in [6.45, 7) is 3.68. The Kier molecular flexibility index (Phi) is 4.80. The molecule has 23 heavy (non-hydrogen) atoms. The van der Waals surface area contributed by atoms with E-state index in [2.05, 4.69) is 30.8 Å². The maximum absolute atomic E-state index is 12.5. The number of hydrogen-bond donors (Lipinski definition) is 0. The van der Waals surface area contributed by atoms with E-state index in [1.165, 1.54) is 6.08 Å². The molecule has 1 atom stereocenters. The van der Waals surface area contributed by atoms with Gasteiger partial charge in [0.25, 0.3) is 0 Å². The van der Waals surface area contributed by atoms with Crippen LogP contribution in [0.25, 0.3) is 11.1 Å². The van der Waals surface area contributed by atoms with Crippen molar-refractivity contribution in [1.29, 1.82) is 0 Å². The van der Waals surface area contributed by atoms with Gasteiger partial charge in [-0.1, -0.05) is 85.4 Å². The van der Waals surface area contributed by atoms with Crippen LogP contribution in [0.15, 0.2) is 97.6 Å². The molecule has 0 bridgehead atoms. The quantitative estimate of drug-likeness (QED) is 0.500. The fourth-order valence-corrected chi connectivity index (χ4v) is 4.49. The molecule has 0 spiro atoms. The molecule has 0 saturated heterocycles. The predicted octanol–water partition coefficient (Wildman–Crippen LogP) is 4.50. The van der Waals surface area contributed by atoms with E-state index in [9.17, 15) is 4.79 Å². The summed E-state index contributed by atoms with van der Waals surface area (Å²) in [5, 5.41) is 2.11. The summed E-state index contributed by atoms with van der Waals surface area (Å²) in [7, 11) is -1.08. The Hall–Kier alpha value is -2.50. The Morgan fingerprint density at radius 2 is 1.30 bits per heavy atom. The second-order valence-corrected chi connectivity index (χ2v) is 7.27. The highest BCUT2D eigenvalue weighted by Gasteiger charge is 2.20. The third kappa shape index (κ3) is 3.47. The van der Waals surface area contributed by atoms with E-state index in [1.54, 1.807) is 0 Å². The second kappa shape index (κ2) is 7.17. The van der Waals surface area contributed by atoms with Crippen LogP contribution in [-0.4, -0.2) is 5.52 Å². The first kappa shape index (κ1) is 15.4. The highest BCUT2D eigenvalue weighted by atomic mass is 31.1. The minimum atomic E-state index is -1.08. The first-order chi connectivity index (χ1) is 11.3. The number of benzene rings is 3. The van der Waals surface area contributed by atoms with Crippen LogP contribution in [0.3, 0.4) is 0 Å². The first-order valence-electron chi connectivity index (χ1n) is 7.46. The Morgan fingerprint density at radius 1 is 0.739 bits per heavy atom. The zero-order chi connectivity index (χ0) is 16.1. The maximum atomic E-state index is 12.5. The molecule has 0 heterocycles. The molecule has 0 aliphatic heterocycles. The number of carbonyl (C=O) groups is 1. The van der Waals surface area contributed by atoms with Crippen molar-refractivity contribution in [3.63, 3.8) is 0 Å². The van der Waals surface area contributed by atoms with Gasteiger partial charge in [-0.3, -0.25) is 4.79 Å². The molecule has 0 aromatic heterocycles. The molecule has 0 saturated carbocycles. The Bertz CT molecular complexity index is 810. The lowest BCUT2D eigenvalue weighted by Gasteiger charge is -2.16. The molecule has 1 nitrogen and oxygen atoms in total. The van der Waals surface area contributed by atoms with Crippen molar-refractivity contribution in [2.45, 2.75) is 0 Å². The van der Waals surface area contributed by atoms with E-state index in [-0.39, 0.29) is 5.52 Å². The molecule has 112 valence electrons. The summed E-state index contributed by atoms with van der Waals surface area (Å²) in [5.41, 5.74) is 2.36. The van der Waals surface area contributed by atoms with Crippen LogP contribution in [0.5, 0.6) is 0 Å². The summed E-state index contributed by atoms with van der Waals surface area (Å²) >= 11 is 0. The normalized spacial score (nSPS) is 11.7. The fraction of sp³-hybridized carbons (Fsp3) is 0. The topological polar surface area (TPSA) is 17.1 Å². The molecule has 1 unspecified atom stereocenters. The van der Waals surface area contributed by atoms with Crippen LogP contribution in [0.2, 0.25) is 0 Å². The summed E-state index contributed by atoms with van der Waals surface area (Å²) in [6.07, 6.45) is 1.44. The molecule has 3 aromatic rings. The van der Waals surface area contributed by atoms with Gasteiger partial charge in [-0.2, -0.15) is 0 Å². The van der Waals surface area contributed by atoms with E-state index in [1.807, 2.05) is 60.7 Å². The Morgan fingerprint density at radius 3 is 1.96 bits per heavy atom. The molecule has 0 N–H and O–H groups in total. The minimum absolute atomic E-state index is 0.0800. The largest absolute Gasteiger partial charge is 0.289 e. The molecular weight excluding hydrogens is 299 g/mol. The van der Waals surface area contributed by atoms with E-state index in [0.29, 0.717) is 0 Å². The zero-order valence-electron chi connectivity index (χ0n) is 12.7. The molecule has 0 fully saturated rings. The number of rotatable bonds is 5. The van der Waals surface area contributed by atoms with Gasteiger partial charge in [0.1, 0.15) is 0 Å². The molecule has 3 rings (SSSR count). The minimum Gasteiger partial charge on any atom is -0.289 e. The predicted molar refractivity (Wildman–Crippen MR) is 99.7 cm³/mol. The van der Waals surface area contributed by atoms with Gasteiger partial charge in [-0.25, -0.2) is 0 Å². The van der Waals surface area contributed by atoms with Crippen LogP contribution >= 0.6 is 7.92 Å². The third-order valence-corrected chi connectivity index (χ3v) is 5.85. The summed E-state index contributed by atoms with van der Waals surface area (Å²) in [5.74, 6) is 0. The van der Waals surface area contributed by atoms with Crippen molar-refractivity contribution in [3.8, 4) is 11.1 Å². The molecular formula is C21H17OP. The number of carbonyl (C=O) groups excluding carboxylic acids is 1. The van der Waals surface area contributed by atoms with Crippen molar-refractivity contribution < 1.29 is 4.79 Å². The second-order valence-electron chi connectivity index (χ2n) is 5.13. The van der Waals surface area contributed by atoms with Crippen molar-refractivity contribution in [2.75, 3.05) is 0 Å². The standard InChI is InChI=1S/C21H17OP/c1-2-21(22)23(19-13-7-4-8-14-19)20-15-9-12-18(16-20)17-10-5-3-6-11-17/h2-16H,1H2. The van der Waals surface area contributed by atoms with Crippen LogP contribution in [0.1, 0.15) is 0 Å². The third-order valence-electron chi connectivity index (χ3n) is 3.62. The van der Waals surface area contributed by atoms with E-state index in [0.717, 1.165) is 21.7 Å². The molecule has 2 heteroatoms. The van der Waals surface area contributed by atoms with Crippen molar-refractivity contribution in [2.24, 2.45) is 0 Å². The monoisotopic (exact) mass is 316 g/mol. The molecule has 0 aliphatic carbocycles. The van der Waals surface area contributed by atoms with Gasteiger partial charge >= 0.3 is 0 Å². The fourth-order valence-electron chi connectivity index (χ4n) is 2.53. The molecule has 0 aliphatic rings. The van der Waals surface area contributed by atoms with Crippen molar-refractivity contribution in [3.05, 3.63) is 97.6 Å². The van der Waals surface area contributed by atoms with Crippen LogP contribution < -0.4 is 10.6 Å². The van der Waals surface area contributed by atoms with E-state index >= 15 is 0 Å². The average Bonchev–Trinajstić information content (AvgIpc) is 2.64.